The number of fused-ring (bicyclic) bond motifs is 1. The highest BCUT2D eigenvalue weighted by atomic mass is 32.1. The maximum absolute atomic E-state index is 13.3. The number of aromatic nitrogens is 2. The van der Waals surface area contributed by atoms with E-state index in [9.17, 15) is 9.50 Å². The molecule has 0 unspecified atom stereocenters. The summed E-state index contributed by atoms with van der Waals surface area (Å²) in [5, 5.41) is 13.9. The standard InChI is InChI=1S/C20H16FN3OS/c1-11-9-15(25)7-8-16(11)24-19-18-17(13-3-5-14(21)6-4-13)12(2)26-20(18)23-10-22-19/h3-10,25H,1-2H3,(H,22,23,24). The Morgan fingerprint density at radius 1 is 1.04 bits per heavy atom. The second kappa shape index (κ2) is 6.38. The highest BCUT2D eigenvalue weighted by Gasteiger charge is 2.17. The van der Waals surface area contributed by atoms with Crippen LogP contribution in [0, 0.1) is 19.7 Å². The van der Waals surface area contributed by atoms with Gasteiger partial charge < -0.3 is 10.4 Å². The molecule has 4 nitrogen and oxygen atoms in total. The minimum Gasteiger partial charge on any atom is -0.508 e. The van der Waals surface area contributed by atoms with Gasteiger partial charge >= 0.3 is 0 Å². The van der Waals surface area contributed by atoms with Crippen molar-refractivity contribution in [2.45, 2.75) is 13.8 Å². The predicted molar refractivity (Wildman–Crippen MR) is 104 cm³/mol. The van der Waals surface area contributed by atoms with E-state index in [1.165, 1.54) is 18.5 Å². The highest BCUT2D eigenvalue weighted by molar-refractivity contribution is 7.19. The van der Waals surface area contributed by atoms with Gasteiger partial charge in [0, 0.05) is 16.1 Å². The molecule has 4 aromatic rings. The monoisotopic (exact) mass is 365 g/mol. The largest absolute Gasteiger partial charge is 0.508 e. The quantitative estimate of drug-likeness (QED) is 0.467. The van der Waals surface area contributed by atoms with Crippen LogP contribution < -0.4 is 5.32 Å². The molecule has 0 fully saturated rings. The summed E-state index contributed by atoms with van der Waals surface area (Å²) in [6, 6.07) is 11.6. The molecule has 6 heteroatoms. The van der Waals surface area contributed by atoms with Crippen LogP contribution in [0.5, 0.6) is 5.75 Å². The molecule has 4 rings (SSSR count). The zero-order valence-electron chi connectivity index (χ0n) is 14.2. The molecule has 0 amide bonds. The van der Waals surface area contributed by atoms with E-state index in [2.05, 4.69) is 15.3 Å². The van der Waals surface area contributed by atoms with Gasteiger partial charge in [0.05, 0.1) is 5.39 Å². The van der Waals surface area contributed by atoms with Crippen molar-refractivity contribution in [3.05, 3.63) is 65.0 Å². The van der Waals surface area contributed by atoms with Crippen molar-refractivity contribution in [3.63, 3.8) is 0 Å². The Kier molecular flexibility index (Phi) is 4.05. The molecule has 26 heavy (non-hydrogen) atoms. The first-order valence-electron chi connectivity index (χ1n) is 8.09. The van der Waals surface area contributed by atoms with Crippen LogP contribution in [-0.2, 0) is 0 Å². The lowest BCUT2D eigenvalue weighted by Crippen LogP contribution is -1.97. The van der Waals surface area contributed by atoms with Gasteiger partial charge in [-0.05, 0) is 55.3 Å². The van der Waals surface area contributed by atoms with Crippen LogP contribution >= 0.6 is 11.3 Å². The predicted octanol–water partition coefficient (Wildman–Crippen LogP) is 5.56. The fourth-order valence-corrected chi connectivity index (χ4v) is 4.03. The normalized spacial score (nSPS) is 11.0. The van der Waals surface area contributed by atoms with E-state index >= 15 is 0 Å². The molecular formula is C20H16FN3OS. The van der Waals surface area contributed by atoms with Gasteiger partial charge in [0.2, 0.25) is 0 Å². The average molecular weight is 365 g/mol. The molecule has 2 N–H and O–H groups in total. The number of aryl methyl sites for hydroxylation is 2. The molecule has 0 aliphatic rings. The summed E-state index contributed by atoms with van der Waals surface area (Å²) in [5.74, 6) is 0.645. The van der Waals surface area contributed by atoms with Crippen LogP contribution in [0.15, 0.2) is 48.8 Å². The Morgan fingerprint density at radius 2 is 1.81 bits per heavy atom. The van der Waals surface area contributed by atoms with E-state index in [1.807, 2.05) is 19.9 Å². The van der Waals surface area contributed by atoms with Gasteiger partial charge in [0.15, 0.2) is 0 Å². The fourth-order valence-electron chi connectivity index (χ4n) is 3.02. The van der Waals surface area contributed by atoms with Gasteiger partial charge in [-0.1, -0.05) is 12.1 Å². The molecule has 2 heterocycles. The van der Waals surface area contributed by atoms with Crippen molar-refractivity contribution in [2.24, 2.45) is 0 Å². The van der Waals surface area contributed by atoms with E-state index in [1.54, 1.807) is 35.6 Å². The van der Waals surface area contributed by atoms with Crippen molar-refractivity contribution in [1.29, 1.82) is 0 Å². The molecule has 0 spiro atoms. The lowest BCUT2D eigenvalue weighted by molar-refractivity contribution is 0.475. The number of aromatic hydroxyl groups is 1. The van der Waals surface area contributed by atoms with Gasteiger partial charge in [-0.3, -0.25) is 0 Å². The second-order valence-electron chi connectivity index (χ2n) is 6.07. The highest BCUT2D eigenvalue weighted by Crippen LogP contribution is 2.41. The van der Waals surface area contributed by atoms with Crippen LogP contribution in [0.3, 0.4) is 0 Å². The van der Waals surface area contributed by atoms with E-state index in [0.29, 0.717) is 5.82 Å². The Bertz CT molecular complexity index is 1110. The topological polar surface area (TPSA) is 58.0 Å². The van der Waals surface area contributed by atoms with Crippen molar-refractivity contribution < 1.29 is 9.50 Å². The molecule has 0 aliphatic carbocycles. The minimum absolute atomic E-state index is 0.222. The third-order valence-electron chi connectivity index (χ3n) is 4.26. The summed E-state index contributed by atoms with van der Waals surface area (Å²) in [7, 11) is 0. The molecule has 0 aliphatic heterocycles. The summed E-state index contributed by atoms with van der Waals surface area (Å²) >= 11 is 1.58. The fraction of sp³-hybridized carbons (Fsp3) is 0.100. The van der Waals surface area contributed by atoms with Crippen molar-refractivity contribution in [1.82, 2.24) is 9.97 Å². The number of thiophene rings is 1. The van der Waals surface area contributed by atoms with Gasteiger partial charge in [0.1, 0.15) is 28.5 Å². The summed E-state index contributed by atoms with van der Waals surface area (Å²) in [6.07, 6.45) is 1.53. The second-order valence-corrected chi connectivity index (χ2v) is 7.27. The van der Waals surface area contributed by atoms with Gasteiger partial charge in [-0.15, -0.1) is 11.3 Å². The average Bonchev–Trinajstić information content (AvgIpc) is 2.95. The van der Waals surface area contributed by atoms with Crippen molar-refractivity contribution in [3.8, 4) is 16.9 Å². The first kappa shape index (κ1) is 16.5. The van der Waals surface area contributed by atoms with Crippen LogP contribution in [0.1, 0.15) is 10.4 Å². The first-order valence-corrected chi connectivity index (χ1v) is 8.91. The molecule has 0 radical (unpaired) electrons. The van der Waals surface area contributed by atoms with Crippen molar-refractivity contribution >= 4 is 33.1 Å². The maximum atomic E-state index is 13.3. The van der Waals surface area contributed by atoms with Crippen LogP contribution in [0.2, 0.25) is 0 Å². The Balaban J connectivity index is 1.89. The molecule has 0 saturated carbocycles. The summed E-state index contributed by atoms with van der Waals surface area (Å²) in [5.41, 5.74) is 3.70. The van der Waals surface area contributed by atoms with Crippen LogP contribution in [0.25, 0.3) is 21.3 Å². The van der Waals surface area contributed by atoms with E-state index in [0.717, 1.165) is 37.5 Å². The zero-order valence-corrected chi connectivity index (χ0v) is 15.1. The lowest BCUT2D eigenvalue weighted by Gasteiger charge is -2.11. The lowest BCUT2D eigenvalue weighted by atomic mass is 10.0. The molecular weight excluding hydrogens is 349 g/mol. The Labute approximate surface area is 154 Å². The third-order valence-corrected chi connectivity index (χ3v) is 5.27. The number of benzene rings is 2. The SMILES string of the molecule is Cc1cc(O)ccc1Nc1ncnc2sc(C)c(-c3ccc(F)cc3)c12. The molecule has 0 saturated heterocycles. The molecule has 2 aromatic heterocycles. The number of halogens is 1. The number of rotatable bonds is 3. The smallest absolute Gasteiger partial charge is 0.143 e. The molecule has 0 bridgehead atoms. The maximum Gasteiger partial charge on any atom is 0.143 e. The summed E-state index contributed by atoms with van der Waals surface area (Å²) in [4.78, 5) is 10.8. The zero-order chi connectivity index (χ0) is 18.3. The van der Waals surface area contributed by atoms with Gasteiger partial charge in [-0.2, -0.15) is 0 Å². The van der Waals surface area contributed by atoms with E-state index in [-0.39, 0.29) is 11.6 Å². The van der Waals surface area contributed by atoms with Crippen LogP contribution in [0.4, 0.5) is 15.9 Å². The number of phenolic OH excluding ortho intramolecular Hbond substituents is 1. The number of hydrogen-bond donors (Lipinski definition) is 2. The Hall–Kier alpha value is -2.99. The van der Waals surface area contributed by atoms with E-state index in [4.69, 9.17) is 0 Å². The van der Waals surface area contributed by atoms with Crippen LogP contribution in [-0.4, -0.2) is 15.1 Å². The summed E-state index contributed by atoms with van der Waals surface area (Å²) in [6.45, 7) is 3.95. The number of nitrogens with zero attached hydrogens (tertiary/aromatic N) is 2. The Morgan fingerprint density at radius 3 is 2.54 bits per heavy atom. The molecule has 130 valence electrons. The van der Waals surface area contributed by atoms with Gasteiger partial charge in [-0.25, -0.2) is 14.4 Å². The number of anilines is 2. The minimum atomic E-state index is -0.264. The summed E-state index contributed by atoms with van der Waals surface area (Å²) < 4.78 is 13.3. The van der Waals surface area contributed by atoms with Crippen molar-refractivity contribution in [2.75, 3.05) is 5.32 Å². The number of phenols is 1. The van der Waals surface area contributed by atoms with Gasteiger partial charge in [0.25, 0.3) is 0 Å². The molecule has 2 aromatic carbocycles. The van der Waals surface area contributed by atoms with E-state index < -0.39 is 0 Å². The molecule has 0 atom stereocenters. The number of hydrogen-bond acceptors (Lipinski definition) is 5. The first-order chi connectivity index (χ1) is 12.5. The third kappa shape index (κ3) is 2.88. The number of nitrogens with one attached hydrogen (secondary N) is 1.